The highest BCUT2D eigenvalue weighted by atomic mass is 16.5. The third-order valence-electron chi connectivity index (χ3n) is 3.84. The summed E-state index contributed by atoms with van der Waals surface area (Å²) in [5, 5.41) is 7.88. The molecule has 0 spiro atoms. The lowest BCUT2D eigenvalue weighted by molar-refractivity contribution is -0.120. The van der Waals surface area contributed by atoms with Crippen LogP contribution < -0.4 is 16.0 Å². The largest absolute Gasteiger partial charge is 0.467 e. The van der Waals surface area contributed by atoms with Gasteiger partial charge in [0.25, 0.3) is 0 Å². The first-order valence-electron chi connectivity index (χ1n) is 9.61. The first-order valence-corrected chi connectivity index (χ1v) is 9.61. The second-order valence-electron chi connectivity index (χ2n) is 6.20. The smallest absolute Gasteiger partial charge is 0.315 e. The minimum absolute atomic E-state index is 0.0684. The van der Waals surface area contributed by atoms with Crippen molar-refractivity contribution in [2.75, 3.05) is 26.3 Å². The Kier molecular flexibility index (Phi) is 12.9. The lowest BCUT2D eigenvalue weighted by Gasteiger charge is -2.08. The fourth-order valence-corrected chi connectivity index (χ4v) is 2.35. The van der Waals surface area contributed by atoms with Gasteiger partial charge in [0.15, 0.2) is 0 Å². The summed E-state index contributed by atoms with van der Waals surface area (Å²) in [6.07, 6.45) is 9.82. The summed E-state index contributed by atoms with van der Waals surface area (Å²) in [4.78, 5) is 23.2. The van der Waals surface area contributed by atoms with Gasteiger partial charge in [-0.2, -0.15) is 0 Å². The SMILES string of the molecule is CCCCCCCCOCCCNC(=O)NCC(=O)NCc1ccco1. The number of ether oxygens (including phenoxy) is 1. The van der Waals surface area contributed by atoms with Crippen LogP contribution in [0, 0.1) is 0 Å². The number of hydrogen-bond donors (Lipinski definition) is 3. The van der Waals surface area contributed by atoms with E-state index in [9.17, 15) is 9.59 Å². The molecule has 0 unspecified atom stereocenters. The molecule has 0 aliphatic carbocycles. The molecular weight excluding hydrogens is 334 g/mol. The van der Waals surface area contributed by atoms with E-state index in [4.69, 9.17) is 9.15 Å². The zero-order valence-corrected chi connectivity index (χ0v) is 15.9. The number of carbonyl (C=O) groups excluding carboxylic acids is 2. The number of urea groups is 1. The zero-order valence-electron chi connectivity index (χ0n) is 15.9. The van der Waals surface area contributed by atoms with Crippen molar-refractivity contribution in [3.63, 3.8) is 0 Å². The van der Waals surface area contributed by atoms with E-state index in [0.29, 0.717) is 25.5 Å². The molecule has 3 N–H and O–H groups in total. The average Bonchev–Trinajstić information content (AvgIpc) is 3.16. The minimum atomic E-state index is -0.353. The summed E-state index contributed by atoms with van der Waals surface area (Å²) in [5.74, 6) is 0.405. The number of furan rings is 1. The molecule has 7 nitrogen and oxygen atoms in total. The van der Waals surface area contributed by atoms with Crippen LogP contribution in [-0.4, -0.2) is 38.2 Å². The molecule has 1 aromatic rings. The predicted molar refractivity (Wildman–Crippen MR) is 101 cm³/mol. The molecule has 0 bridgehead atoms. The lowest BCUT2D eigenvalue weighted by atomic mass is 10.1. The topological polar surface area (TPSA) is 92.6 Å². The number of amides is 3. The monoisotopic (exact) mass is 367 g/mol. The van der Waals surface area contributed by atoms with E-state index < -0.39 is 0 Å². The van der Waals surface area contributed by atoms with Gasteiger partial charge in [-0.05, 0) is 25.0 Å². The molecule has 1 aromatic heterocycles. The molecule has 0 saturated carbocycles. The lowest BCUT2D eigenvalue weighted by Crippen LogP contribution is -2.42. The van der Waals surface area contributed by atoms with Gasteiger partial charge in [-0.1, -0.05) is 39.0 Å². The molecule has 0 saturated heterocycles. The van der Waals surface area contributed by atoms with Gasteiger partial charge in [0, 0.05) is 19.8 Å². The van der Waals surface area contributed by atoms with Gasteiger partial charge in [-0.3, -0.25) is 4.79 Å². The second kappa shape index (κ2) is 15.3. The first kappa shape index (κ1) is 22.0. The molecule has 0 aliphatic heterocycles. The highest BCUT2D eigenvalue weighted by Gasteiger charge is 2.05. The Bertz CT molecular complexity index is 477. The third-order valence-corrected chi connectivity index (χ3v) is 3.84. The van der Waals surface area contributed by atoms with Crippen molar-refractivity contribution in [1.29, 1.82) is 0 Å². The van der Waals surface area contributed by atoms with Crippen molar-refractivity contribution < 1.29 is 18.7 Å². The maximum absolute atomic E-state index is 11.6. The standard InChI is InChI=1S/C19H33N3O4/c1-2-3-4-5-6-7-12-25-13-9-11-20-19(24)22-16-18(23)21-15-17-10-8-14-26-17/h8,10,14H,2-7,9,11-13,15-16H2,1H3,(H,21,23)(H2,20,22,24). The van der Waals surface area contributed by atoms with Crippen molar-refractivity contribution in [3.8, 4) is 0 Å². The van der Waals surface area contributed by atoms with Crippen molar-refractivity contribution in [2.45, 2.75) is 58.4 Å². The molecule has 1 heterocycles. The van der Waals surface area contributed by atoms with E-state index >= 15 is 0 Å². The van der Waals surface area contributed by atoms with Gasteiger partial charge in [0.2, 0.25) is 5.91 Å². The van der Waals surface area contributed by atoms with Crippen molar-refractivity contribution >= 4 is 11.9 Å². The van der Waals surface area contributed by atoms with Crippen LogP contribution >= 0.6 is 0 Å². The summed E-state index contributed by atoms with van der Waals surface area (Å²) >= 11 is 0. The number of nitrogens with one attached hydrogen (secondary N) is 3. The van der Waals surface area contributed by atoms with E-state index in [2.05, 4.69) is 22.9 Å². The molecule has 0 aromatic carbocycles. The summed E-state index contributed by atoms with van der Waals surface area (Å²) in [5.41, 5.74) is 0. The van der Waals surface area contributed by atoms with Crippen molar-refractivity contribution in [2.24, 2.45) is 0 Å². The van der Waals surface area contributed by atoms with Crippen LogP contribution in [0.15, 0.2) is 22.8 Å². The Morgan fingerprint density at radius 2 is 1.77 bits per heavy atom. The summed E-state index contributed by atoms with van der Waals surface area (Å²) in [6, 6.07) is 3.17. The minimum Gasteiger partial charge on any atom is -0.467 e. The van der Waals surface area contributed by atoms with Gasteiger partial charge in [0.1, 0.15) is 5.76 Å². The summed E-state index contributed by atoms with van der Waals surface area (Å²) in [6.45, 7) is 4.41. The number of carbonyl (C=O) groups is 2. The molecule has 7 heteroatoms. The van der Waals surface area contributed by atoms with Gasteiger partial charge >= 0.3 is 6.03 Å². The fourth-order valence-electron chi connectivity index (χ4n) is 2.35. The maximum atomic E-state index is 11.6. The molecule has 3 amide bonds. The van der Waals surface area contributed by atoms with E-state index in [0.717, 1.165) is 19.4 Å². The van der Waals surface area contributed by atoms with Gasteiger partial charge < -0.3 is 25.1 Å². The summed E-state index contributed by atoms with van der Waals surface area (Å²) in [7, 11) is 0. The quantitative estimate of drug-likeness (QED) is 0.416. The Hall–Kier alpha value is -2.02. The van der Waals surface area contributed by atoms with Gasteiger partial charge in [0.05, 0.1) is 19.4 Å². The number of rotatable bonds is 15. The predicted octanol–water partition coefficient (Wildman–Crippen LogP) is 2.96. The summed E-state index contributed by atoms with van der Waals surface area (Å²) < 4.78 is 10.6. The van der Waals surface area contributed by atoms with E-state index in [1.807, 2.05) is 0 Å². The maximum Gasteiger partial charge on any atom is 0.315 e. The molecular formula is C19H33N3O4. The molecule has 148 valence electrons. The Balaban J connectivity index is 1.85. The number of unbranched alkanes of at least 4 members (excludes halogenated alkanes) is 5. The number of hydrogen-bond acceptors (Lipinski definition) is 4. The van der Waals surface area contributed by atoms with Crippen molar-refractivity contribution in [1.82, 2.24) is 16.0 Å². The molecule has 0 atom stereocenters. The molecule has 0 radical (unpaired) electrons. The normalized spacial score (nSPS) is 10.5. The van der Waals surface area contributed by atoms with Crippen LogP contribution in [0.1, 0.15) is 57.6 Å². The van der Waals surface area contributed by atoms with Crippen molar-refractivity contribution in [3.05, 3.63) is 24.2 Å². The Morgan fingerprint density at radius 3 is 2.54 bits per heavy atom. The van der Waals surface area contributed by atoms with Gasteiger partial charge in [-0.25, -0.2) is 4.79 Å². The zero-order chi connectivity index (χ0) is 18.9. The van der Waals surface area contributed by atoms with Crippen LogP contribution in [-0.2, 0) is 16.1 Å². The molecule has 1 rings (SSSR count). The second-order valence-corrected chi connectivity index (χ2v) is 6.20. The Morgan fingerprint density at radius 1 is 1.00 bits per heavy atom. The highest BCUT2D eigenvalue weighted by molar-refractivity contribution is 5.83. The van der Waals surface area contributed by atoms with Crippen LogP contribution in [0.3, 0.4) is 0 Å². The van der Waals surface area contributed by atoms with Crippen LogP contribution in [0.25, 0.3) is 0 Å². The molecule has 0 fully saturated rings. The van der Waals surface area contributed by atoms with E-state index in [-0.39, 0.29) is 18.5 Å². The molecule has 26 heavy (non-hydrogen) atoms. The van der Waals surface area contributed by atoms with Crippen LogP contribution in [0.5, 0.6) is 0 Å². The first-order chi connectivity index (χ1) is 12.7. The van der Waals surface area contributed by atoms with Crippen LogP contribution in [0.4, 0.5) is 4.79 Å². The fraction of sp³-hybridized carbons (Fsp3) is 0.684. The highest BCUT2D eigenvalue weighted by Crippen LogP contribution is 2.04. The third kappa shape index (κ3) is 12.4. The van der Waals surface area contributed by atoms with Gasteiger partial charge in [-0.15, -0.1) is 0 Å². The van der Waals surface area contributed by atoms with E-state index in [1.54, 1.807) is 18.4 Å². The van der Waals surface area contributed by atoms with E-state index in [1.165, 1.54) is 32.1 Å². The Labute approximate surface area is 156 Å². The van der Waals surface area contributed by atoms with Crippen LogP contribution in [0.2, 0.25) is 0 Å². The molecule has 0 aliphatic rings. The average molecular weight is 367 g/mol.